The number of fused-ring (bicyclic) bond motifs is 1. The van der Waals surface area contributed by atoms with Crippen molar-refractivity contribution in [2.24, 2.45) is 0 Å². The van der Waals surface area contributed by atoms with Gasteiger partial charge in [0, 0.05) is 25.5 Å². The van der Waals surface area contributed by atoms with Gasteiger partial charge in [0.1, 0.15) is 5.82 Å². The molecule has 1 heterocycles. The fourth-order valence-corrected chi connectivity index (χ4v) is 1.97. The van der Waals surface area contributed by atoms with Gasteiger partial charge in [0.25, 0.3) is 0 Å². The normalized spacial score (nSPS) is 10.9. The Bertz CT molecular complexity index is 581. The fraction of sp³-hybridized carbons (Fsp3) is 0.333. The third kappa shape index (κ3) is 3.09. The number of anilines is 1. The van der Waals surface area contributed by atoms with Gasteiger partial charge in [0.05, 0.1) is 11.1 Å². The third-order valence-corrected chi connectivity index (χ3v) is 3.10. The molecule has 0 radical (unpaired) electrons. The topological polar surface area (TPSA) is 36.4 Å². The van der Waals surface area contributed by atoms with E-state index in [0.717, 1.165) is 36.1 Å². The van der Waals surface area contributed by atoms with Crippen LogP contribution in [0.3, 0.4) is 0 Å². The molecule has 2 rings (SSSR count). The zero-order chi connectivity index (χ0) is 13.8. The minimum absolute atomic E-state index is 0.639. The van der Waals surface area contributed by atoms with E-state index in [9.17, 15) is 4.79 Å². The first-order chi connectivity index (χ1) is 9.11. The van der Waals surface area contributed by atoms with Crippen LogP contribution >= 0.6 is 0 Å². The molecule has 19 heavy (non-hydrogen) atoms. The largest absolute Gasteiger partial charge is 0.358 e. The maximum absolute atomic E-state index is 11.2. The van der Waals surface area contributed by atoms with Crippen molar-refractivity contribution in [2.45, 2.75) is 0 Å². The van der Waals surface area contributed by atoms with E-state index < -0.39 is 0 Å². The highest BCUT2D eigenvalue weighted by atomic mass is 16.1. The number of hydrogen-bond acceptors (Lipinski definition) is 4. The molecule has 0 aliphatic heterocycles. The van der Waals surface area contributed by atoms with Gasteiger partial charge < -0.3 is 9.80 Å². The molecule has 100 valence electrons. The van der Waals surface area contributed by atoms with E-state index in [2.05, 4.69) is 9.88 Å². The smallest absolute Gasteiger partial charge is 0.153 e. The SMILES string of the molecule is CN(C)CCN(C)c1nc2ccccc2cc1C=O. The molecule has 1 aromatic carbocycles. The van der Waals surface area contributed by atoms with Crippen LogP contribution in [0.5, 0.6) is 0 Å². The highest BCUT2D eigenvalue weighted by molar-refractivity contribution is 5.91. The molecular formula is C15H19N3O. The number of nitrogens with zero attached hydrogens (tertiary/aromatic N) is 3. The summed E-state index contributed by atoms with van der Waals surface area (Å²) in [4.78, 5) is 20.0. The summed E-state index contributed by atoms with van der Waals surface area (Å²) in [5, 5.41) is 0.995. The number of pyridine rings is 1. The van der Waals surface area contributed by atoms with E-state index in [4.69, 9.17) is 0 Å². The molecule has 0 saturated heterocycles. The van der Waals surface area contributed by atoms with Gasteiger partial charge in [-0.2, -0.15) is 0 Å². The molecule has 0 spiro atoms. The molecular weight excluding hydrogens is 238 g/mol. The van der Waals surface area contributed by atoms with Crippen molar-refractivity contribution >= 4 is 23.0 Å². The molecule has 0 aliphatic carbocycles. The summed E-state index contributed by atoms with van der Waals surface area (Å²) in [6.07, 6.45) is 0.876. The van der Waals surface area contributed by atoms with Crippen LogP contribution in [0.15, 0.2) is 30.3 Å². The average Bonchev–Trinajstić information content (AvgIpc) is 2.43. The lowest BCUT2D eigenvalue weighted by Crippen LogP contribution is -2.29. The first kappa shape index (κ1) is 13.5. The molecule has 0 saturated carbocycles. The number of para-hydroxylation sites is 1. The van der Waals surface area contributed by atoms with E-state index in [1.165, 1.54) is 0 Å². The maximum Gasteiger partial charge on any atom is 0.153 e. The van der Waals surface area contributed by atoms with Crippen LogP contribution in [-0.4, -0.2) is 50.4 Å². The van der Waals surface area contributed by atoms with Crippen molar-refractivity contribution in [1.82, 2.24) is 9.88 Å². The Morgan fingerprint density at radius 1 is 1.16 bits per heavy atom. The van der Waals surface area contributed by atoms with Gasteiger partial charge in [0.15, 0.2) is 6.29 Å². The zero-order valence-corrected chi connectivity index (χ0v) is 11.6. The standard InChI is InChI=1S/C15H19N3O/c1-17(2)8-9-18(3)15-13(11-19)10-12-6-4-5-7-14(12)16-15/h4-7,10-11H,8-9H2,1-3H3. The monoisotopic (exact) mass is 257 g/mol. The third-order valence-electron chi connectivity index (χ3n) is 3.10. The van der Waals surface area contributed by atoms with Crippen LogP contribution in [0.1, 0.15) is 10.4 Å². The minimum Gasteiger partial charge on any atom is -0.358 e. The van der Waals surface area contributed by atoms with Gasteiger partial charge >= 0.3 is 0 Å². The molecule has 2 aromatic rings. The van der Waals surface area contributed by atoms with Gasteiger partial charge in [-0.05, 0) is 26.2 Å². The predicted octanol–water partition coefficient (Wildman–Crippen LogP) is 2.05. The summed E-state index contributed by atoms with van der Waals surface area (Å²) in [5.41, 5.74) is 1.56. The second-order valence-corrected chi connectivity index (χ2v) is 4.94. The molecule has 0 amide bonds. The van der Waals surface area contributed by atoms with Crippen molar-refractivity contribution in [3.05, 3.63) is 35.9 Å². The van der Waals surface area contributed by atoms with Crippen molar-refractivity contribution in [3.8, 4) is 0 Å². The van der Waals surface area contributed by atoms with Crippen molar-refractivity contribution in [3.63, 3.8) is 0 Å². The van der Waals surface area contributed by atoms with Gasteiger partial charge in [-0.3, -0.25) is 4.79 Å². The number of likely N-dealkylation sites (N-methyl/N-ethyl adjacent to an activating group) is 2. The summed E-state index contributed by atoms with van der Waals surface area (Å²) < 4.78 is 0. The molecule has 1 aromatic heterocycles. The molecule has 4 heteroatoms. The number of aromatic nitrogens is 1. The minimum atomic E-state index is 0.639. The van der Waals surface area contributed by atoms with Gasteiger partial charge in [-0.1, -0.05) is 18.2 Å². The zero-order valence-electron chi connectivity index (χ0n) is 11.6. The van der Waals surface area contributed by atoms with Crippen molar-refractivity contribution in [2.75, 3.05) is 39.1 Å². The quantitative estimate of drug-likeness (QED) is 0.768. The number of carbonyl (C=O) groups is 1. The summed E-state index contributed by atoms with van der Waals surface area (Å²) in [7, 11) is 6.03. The van der Waals surface area contributed by atoms with Crippen LogP contribution in [0, 0.1) is 0 Å². The number of rotatable bonds is 5. The van der Waals surface area contributed by atoms with Crippen LogP contribution in [-0.2, 0) is 0 Å². The lowest BCUT2D eigenvalue weighted by atomic mass is 10.1. The number of hydrogen-bond donors (Lipinski definition) is 0. The van der Waals surface area contributed by atoms with Crippen LogP contribution in [0.25, 0.3) is 10.9 Å². The van der Waals surface area contributed by atoms with Crippen LogP contribution in [0.2, 0.25) is 0 Å². The summed E-state index contributed by atoms with van der Waals surface area (Å²) in [5.74, 6) is 0.746. The van der Waals surface area contributed by atoms with E-state index in [1.807, 2.05) is 56.4 Å². The van der Waals surface area contributed by atoms with E-state index in [1.54, 1.807) is 0 Å². The van der Waals surface area contributed by atoms with E-state index >= 15 is 0 Å². The van der Waals surface area contributed by atoms with Crippen LogP contribution in [0.4, 0.5) is 5.82 Å². The Balaban J connectivity index is 2.37. The number of benzene rings is 1. The number of aldehydes is 1. The van der Waals surface area contributed by atoms with Gasteiger partial charge in [-0.25, -0.2) is 4.98 Å². The molecule has 0 bridgehead atoms. The number of carbonyl (C=O) groups excluding carboxylic acids is 1. The first-order valence-corrected chi connectivity index (χ1v) is 6.32. The summed E-state index contributed by atoms with van der Waals surface area (Å²) >= 11 is 0. The second-order valence-electron chi connectivity index (χ2n) is 4.94. The van der Waals surface area contributed by atoms with Crippen molar-refractivity contribution in [1.29, 1.82) is 0 Å². The Morgan fingerprint density at radius 3 is 2.58 bits per heavy atom. The molecule has 0 fully saturated rings. The highest BCUT2D eigenvalue weighted by Crippen LogP contribution is 2.21. The molecule has 4 nitrogen and oxygen atoms in total. The Morgan fingerprint density at radius 2 is 1.89 bits per heavy atom. The highest BCUT2D eigenvalue weighted by Gasteiger charge is 2.10. The second kappa shape index (κ2) is 5.80. The Labute approximate surface area is 113 Å². The molecule has 0 aliphatic rings. The average molecular weight is 257 g/mol. The van der Waals surface area contributed by atoms with Crippen molar-refractivity contribution < 1.29 is 4.79 Å². The first-order valence-electron chi connectivity index (χ1n) is 6.32. The van der Waals surface area contributed by atoms with E-state index in [-0.39, 0.29) is 0 Å². The van der Waals surface area contributed by atoms with Gasteiger partial charge in [-0.15, -0.1) is 0 Å². The lowest BCUT2D eigenvalue weighted by molar-refractivity contribution is 0.112. The summed E-state index contributed by atoms with van der Waals surface area (Å²) in [6.45, 7) is 1.75. The summed E-state index contributed by atoms with van der Waals surface area (Å²) in [6, 6.07) is 9.75. The Kier molecular flexibility index (Phi) is 4.12. The van der Waals surface area contributed by atoms with Gasteiger partial charge in [0.2, 0.25) is 0 Å². The lowest BCUT2D eigenvalue weighted by Gasteiger charge is -2.22. The Hall–Kier alpha value is -1.94. The molecule has 0 N–H and O–H groups in total. The predicted molar refractivity (Wildman–Crippen MR) is 79.0 cm³/mol. The fourth-order valence-electron chi connectivity index (χ4n) is 1.97. The molecule has 0 atom stereocenters. The van der Waals surface area contributed by atoms with E-state index in [0.29, 0.717) is 5.56 Å². The molecule has 0 unspecified atom stereocenters. The maximum atomic E-state index is 11.2. The van der Waals surface area contributed by atoms with Crippen LogP contribution < -0.4 is 4.90 Å².